The normalized spacial score (nSPS) is 36.4. The van der Waals surface area contributed by atoms with Crippen molar-refractivity contribution in [2.24, 2.45) is 23.7 Å². The predicted octanol–water partition coefficient (Wildman–Crippen LogP) is 0.0930. The van der Waals surface area contributed by atoms with Gasteiger partial charge in [0.1, 0.15) is 0 Å². The molecule has 0 spiro atoms. The van der Waals surface area contributed by atoms with Crippen LogP contribution in [0.25, 0.3) is 0 Å². The smallest absolute Gasteiger partial charge is 0.234 e. The largest absolute Gasteiger partial charge is 0.394 e. The van der Waals surface area contributed by atoms with Gasteiger partial charge in [0.15, 0.2) is 0 Å². The molecule has 1 saturated carbocycles. The maximum Gasteiger partial charge on any atom is 0.234 e. The number of rotatable bonds is 5. The molecule has 2 aliphatic carbocycles. The van der Waals surface area contributed by atoms with Crippen molar-refractivity contribution < 1.29 is 19.8 Å². The molecule has 2 fully saturated rings. The molecule has 3 aliphatic rings. The summed E-state index contributed by atoms with van der Waals surface area (Å²) in [4.78, 5) is 26.0. The molecule has 2 bridgehead atoms. The van der Waals surface area contributed by atoms with Crippen molar-refractivity contribution in [1.82, 2.24) is 4.90 Å². The van der Waals surface area contributed by atoms with Crippen molar-refractivity contribution >= 4 is 11.8 Å². The van der Waals surface area contributed by atoms with Crippen LogP contribution in [0.5, 0.6) is 0 Å². The number of hydrogen-bond acceptors (Lipinski definition) is 4. The lowest BCUT2D eigenvalue weighted by molar-refractivity contribution is -0.140. The molecule has 5 unspecified atom stereocenters. The van der Waals surface area contributed by atoms with E-state index in [0.717, 1.165) is 6.42 Å². The summed E-state index contributed by atoms with van der Waals surface area (Å²) >= 11 is 0. The highest BCUT2D eigenvalue weighted by molar-refractivity contribution is 6.06. The molecule has 2 amide bonds. The SMILES string of the molecule is O=C1C2C3C=CC(C3)C2C(=O)N1CC=CCC(O)CO. The second-order valence-electron chi connectivity index (χ2n) is 5.83. The number of allylic oxidation sites excluding steroid dienone is 2. The van der Waals surface area contributed by atoms with Crippen LogP contribution >= 0.6 is 0 Å². The molecule has 3 rings (SSSR count). The fourth-order valence-corrected chi connectivity index (χ4v) is 3.65. The van der Waals surface area contributed by atoms with Crippen LogP contribution in [0, 0.1) is 23.7 Å². The number of nitrogens with zero attached hydrogens (tertiary/aromatic N) is 1. The Hall–Kier alpha value is -1.46. The summed E-state index contributed by atoms with van der Waals surface area (Å²) < 4.78 is 0. The van der Waals surface area contributed by atoms with Crippen molar-refractivity contribution in [1.29, 1.82) is 0 Å². The van der Waals surface area contributed by atoms with Gasteiger partial charge < -0.3 is 10.2 Å². The molecule has 0 aromatic carbocycles. The maximum atomic E-state index is 12.3. The van der Waals surface area contributed by atoms with Gasteiger partial charge in [0.2, 0.25) is 11.8 Å². The van der Waals surface area contributed by atoms with E-state index in [9.17, 15) is 14.7 Å². The Morgan fingerprint density at radius 2 is 1.80 bits per heavy atom. The molecule has 108 valence electrons. The molecule has 0 radical (unpaired) electrons. The molecule has 1 saturated heterocycles. The Morgan fingerprint density at radius 3 is 2.35 bits per heavy atom. The number of hydrogen-bond donors (Lipinski definition) is 2. The topological polar surface area (TPSA) is 77.8 Å². The van der Waals surface area contributed by atoms with Crippen LogP contribution in [0.2, 0.25) is 0 Å². The van der Waals surface area contributed by atoms with E-state index in [2.05, 4.69) is 12.2 Å². The fourth-order valence-electron chi connectivity index (χ4n) is 3.65. The van der Waals surface area contributed by atoms with Crippen LogP contribution in [-0.2, 0) is 9.59 Å². The Kier molecular flexibility index (Phi) is 3.48. The quantitative estimate of drug-likeness (QED) is 0.551. The Balaban J connectivity index is 1.62. The molecule has 0 aromatic heterocycles. The van der Waals surface area contributed by atoms with Gasteiger partial charge in [-0.25, -0.2) is 0 Å². The summed E-state index contributed by atoms with van der Waals surface area (Å²) in [5.41, 5.74) is 0. The average Bonchev–Trinajstić information content (AvgIpc) is 3.11. The van der Waals surface area contributed by atoms with E-state index in [1.165, 1.54) is 4.90 Å². The van der Waals surface area contributed by atoms with Crippen molar-refractivity contribution in [3.63, 3.8) is 0 Å². The molecule has 5 heteroatoms. The van der Waals surface area contributed by atoms with E-state index in [0.29, 0.717) is 6.42 Å². The number of aliphatic hydroxyl groups excluding tert-OH is 2. The van der Waals surface area contributed by atoms with Crippen molar-refractivity contribution in [2.75, 3.05) is 13.2 Å². The monoisotopic (exact) mass is 277 g/mol. The third-order valence-corrected chi connectivity index (χ3v) is 4.64. The van der Waals surface area contributed by atoms with E-state index in [-0.39, 0.29) is 48.6 Å². The molecule has 5 atom stereocenters. The van der Waals surface area contributed by atoms with Crippen molar-refractivity contribution in [2.45, 2.75) is 18.9 Å². The van der Waals surface area contributed by atoms with Crippen molar-refractivity contribution in [3.8, 4) is 0 Å². The summed E-state index contributed by atoms with van der Waals surface area (Å²) in [7, 11) is 0. The van der Waals surface area contributed by atoms with Crippen LogP contribution < -0.4 is 0 Å². The van der Waals surface area contributed by atoms with E-state index in [1.54, 1.807) is 12.2 Å². The highest BCUT2D eigenvalue weighted by Gasteiger charge is 2.58. The van der Waals surface area contributed by atoms with Crippen molar-refractivity contribution in [3.05, 3.63) is 24.3 Å². The maximum absolute atomic E-state index is 12.3. The number of carbonyl (C=O) groups is 2. The number of likely N-dealkylation sites (tertiary alicyclic amines) is 1. The third-order valence-electron chi connectivity index (χ3n) is 4.64. The van der Waals surface area contributed by atoms with E-state index in [1.807, 2.05) is 0 Å². The first-order valence-electron chi connectivity index (χ1n) is 7.11. The second-order valence-corrected chi connectivity index (χ2v) is 5.83. The zero-order valence-electron chi connectivity index (χ0n) is 11.2. The number of amides is 2. The van der Waals surface area contributed by atoms with E-state index in [4.69, 9.17) is 5.11 Å². The minimum Gasteiger partial charge on any atom is -0.394 e. The number of imide groups is 1. The van der Waals surface area contributed by atoms with Gasteiger partial charge in [-0.15, -0.1) is 0 Å². The first-order chi connectivity index (χ1) is 9.63. The van der Waals surface area contributed by atoms with Crippen LogP contribution in [0.4, 0.5) is 0 Å². The van der Waals surface area contributed by atoms with Gasteiger partial charge in [0, 0.05) is 6.54 Å². The molecular weight excluding hydrogens is 258 g/mol. The minimum absolute atomic E-state index is 0.0517. The Morgan fingerprint density at radius 1 is 1.20 bits per heavy atom. The van der Waals surface area contributed by atoms with Gasteiger partial charge in [-0.2, -0.15) is 0 Å². The van der Waals surface area contributed by atoms with Gasteiger partial charge in [-0.3, -0.25) is 14.5 Å². The molecule has 2 N–H and O–H groups in total. The molecule has 20 heavy (non-hydrogen) atoms. The summed E-state index contributed by atoms with van der Waals surface area (Å²) in [5, 5.41) is 17.9. The first-order valence-corrected chi connectivity index (χ1v) is 7.11. The second kappa shape index (κ2) is 5.14. The standard InChI is InChI=1S/C15H19NO4/c17-8-11(18)3-1-2-6-16-14(19)12-9-4-5-10(7-9)13(12)15(16)20/h1-2,4-5,9-13,17-18H,3,6-8H2. The van der Waals surface area contributed by atoms with E-state index < -0.39 is 6.10 Å². The van der Waals surface area contributed by atoms with Gasteiger partial charge in [0.25, 0.3) is 0 Å². The average molecular weight is 277 g/mol. The highest BCUT2D eigenvalue weighted by Crippen LogP contribution is 2.52. The summed E-state index contributed by atoms with van der Waals surface area (Å²) in [5.74, 6) is 0.0922. The number of fused-ring (bicyclic) bond motifs is 5. The fraction of sp³-hybridized carbons (Fsp3) is 0.600. The molecule has 1 aliphatic heterocycles. The van der Waals surface area contributed by atoms with Crippen LogP contribution in [0.3, 0.4) is 0 Å². The number of aliphatic hydroxyl groups is 2. The lowest BCUT2D eigenvalue weighted by Crippen LogP contribution is -2.33. The van der Waals surface area contributed by atoms with Gasteiger partial charge in [-0.1, -0.05) is 24.3 Å². The Bertz CT molecular complexity index is 454. The lowest BCUT2D eigenvalue weighted by atomic mass is 9.85. The summed E-state index contributed by atoms with van der Waals surface area (Å²) in [6.45, 7) is -0.0205. The zero-order valence-corrected chi connectivity index (χ0v) is 11.2. The van der Waals surface area contributed by atoms with Gasteiger partial charge in [0.05, 0.1) is 24.5 Å². The predicted molar refractivity (Wildman–Crippen MR) is 71.3 cm³/mol. The molecule has 5 nitrogen and oxygen atoms in total. The highest BCUT2D eigenvalue weighted by atomic mass is 16.3. The third kappa shape index (κ3) is 2.01. The van der Waals surface area contributed by atoms with E-state index >= 15 is 0 Å². The summed E-state index contributed by atoms with van der Waals surface area (Å²) in [6.07, 6.45) is 8.05. The van der Waals surface area contributed by atoms with Gasteiger partial charge in [-0.05, 0) is 24.7 Å². The molecule has 1 heterocycles. The molecule has 0 aromatic rings. The lowest BCUT2D eigenvalue weighted by Gasteiger charge is -2.15. The zero-order chi connectivity index (χ0) is 14.3. The molecular formula is C15H19NO4. The van der Waals surface area contributed by atoms with Gasteiger partial charge >= 0.3 is 0 Å². The van der Waals surface area contributed by atoms with Crippen LogP contribution in [-0.4, -0.2) is 46.2 Å². The minimum atomic E-state index is -0.782. The number of carbonyl (C=O) groups excluding carboxylic acids is 2. The Labute approximate surface area is 117 Å². The van der Waals surface area contributed by atoms with Crippen LogP contribution in [0.15, 0.2) is 24.3 Å². The summed E-state index contributed by atoms with van der Waals surface area (Å²) in [6, 6.07) is 0. The van der Waals surface area contributed by atoms with Crippen LogP contribution in [0.1, 0.15) is 12.8 Å². The first kappa shape index (κ1) is 13.5.